The lowest BCUT2D eigenvalue weighted by atomic mass is 10.1. The van der Waals surface area contributed by atoms with E-state index in [0.717, 1.165) is 0 Å². The zero-order valence-electron chi connectivity index (χ0n) is 24.7. The van der Waals surface area contributed by atoms with E-state index in [2.05, 4.69) is 25.7 Å². The van der Waals surface area contributed by atoms with Crippen molar-refractivity contribution in [2.75, 3.05) is 20.3 Å². The lowest BCUT2D eigenvalue weighted by Crippen LogP contribution is -2.45. The summed E-state index contributed by atoms with van der Waals surface area (Å²) in [5.74, 6) is -0.218. The first kappa shape index (κ1) is 33.2. The number of aliphatic imine (C=N–C) groups is 1. The molecule has 14 heteroatoms. The molecule has 0 bridgehead atoms. The second-order valence-electron chi connectivity index (χ2n) is 10.6. The van der Waals surface area contributed by atoms with Gasteiger partial charge in [-0.15, -0.1) is 0 Å². The minimum atomic E-state index is -0.911. The van der Waals surface area contributed by atoms with Crippen molar-refractivity contribution in [3.05, 3.63) is 64.0 Å². The maximum atomic E-state index is 13.0. The fraction of sp³-hybridized carbons (Fsp3) is 0.429. The van der Waals surface area contributed by atoms with E-state index in [9.17, 15) is 14.4 Å². The minimum absolute atomic E-state index is 0.00944. The highest BCUT2D eigenvalue weighted by Crippen LogP contribution is 2.27. The van der Waals surface area contributed by atoms with E-state index in [1.807, 2.05) is 0 Å². The average Bonchev–Trinajstić information content (AvgIpc) is 2.88. The molecule has 0 radical (unpaired) electrons. The van der Waals surface area contributed by atoms with Gasteiger partial charge in [0.05, 0.1) is 25.9 Å². The van der Waals surface area contributed by atoms with Crippen LogP contribution in [0.1, 0.15) is 57.5 Å². The fourth-order valence-corrected chi connectivity index (χ4v) is 3.07. The first-order valence-corrected chi connectivity index (χ1v) is 12.9. The van der Waals surface area contributed by atoms with Crippen LogP contribution in [0.5, 0.6) is 11.5 Å². The van der Waals surface area contributed by atoms with Gasteiger partial charge in [-0.05, 0) is 83.0 Å². The number of rotatable bonds is 9. The molecule has 0 saturated heterocycles. The molecular weight excluding hydrogens is 548 g/mol. The summed E-state index contributed by atoms with van der Waals surface area (Å²) in [5, 5.41) is 8.17. The summed E-state index contributed by atoms with van der Waals surface area (Å²) in [4.78, 5) is 45.0. The number of alkyl carbamates (subject to hydrolysis) is 2. The Labute approximate surface area is 244 Å². The van der Waals surface area contributed by atoms with Crippen LogP contribution in [0.2, 0.25) is 0 Å². The number of carbonyl (C=O) groups excluding carboxylic acids is 3. The summed E-state index contributed by atoms with van der Waals surface area (Å²) < 4.78 is 26.7. The Balaban J connectivity index is 2.35. The van der Waals surface area contributed by atoms with E-state index in [4.69, 9.17) is 29.2 Å². The fourth-order valence-electron chi connectivity index (χ4n) is 3.07. The molecule has 2 rings (SSSR count). The molecule has 0 spiro atoms. The van der Waals surface area contributed by atoms with Crippen LogP contribution in [0.15, 0.2) is 52.6 Å². The predicted octanol–water partition coefficient (Wildman–Crippen LogP) is 5.78. The number of methoxy groups -OCH3 is 1. The van der Waals surface area contributed by atoms with E-state index < -0.39 is 29.4 Å². The summed E-state index contributed by atoms with van der Waals surface area (Å²) in [6, 6.07) is 11.2. The van der Waals surface area contributed by atoms with Gasteiger partial charge in [-0.2, -0.15) is 0 Å². The summed E-state index contributed by atoms with van der Waals surface area (Å²) in [5.41, 5.74) is 7.71. The molecule has 0 saturated carbocycles. The Morgan fingerprint density at radius 1 is 0.905 bits per heavy atom. The number of guanidine groups is 1. The van der Waals surface area contributed by atoms with E-state index >= 15 is 0 Å². The van der Waals surface area contributed by atoms with Gasteiger partial charge in [-0.3, -0.25) is 10.6 Å². The number of hydrogen-bond donors (Lipinski definition) is 2. The third-order valence-electron chi connectivity index (χ3n) is 4.70. The highest BCUT2D eigenvalue weighted by molar-refractivity contribution is 6.02. The molecule has 0 aliphatic carbocycles. The third-order valence-corrected chi connectivity index (χ3v) is 4.70. The Kier molecular flexibility index (Phi) is 12.0. The highest BCUT2D eigenvalue weighted by atomic mass is 16.6. The van der Waals surface area contributed by atoms with Crippen LogP contribution in [0.25, 0.3) is 10.4 Å². The molecular formula is C28H36N6O8. The lowest BCUT2D eigenvalue weighted by Gasteiger charge is -2.21. The van der Waals surface area contributed by atoms with Crippen LogP contribution in [-0.4, -0.2) is 55.6 Å². The van der Waals surface area contributed by atoms with Gasteiger partial charge in [-0.25, -0.2) is 19.4 Å². The SMILES string of the molecule is COc1ccc(COC(=O)NC(=Nc2ccc(OCCN=[N+]=[N-])c(C(=O)OC(C)(C)C)c2)NC(=O)OC(C)(C)C)cc1. The largest absolute Gasteiger partial charge is 0.497 e. The van der Waals surface area contributed by atoms with Gasteiger partial charge >= 0.3 is 18.2 Å². The smallest absolute Gasteiger partial charge is 0.414 e. The van der Waals surface area contributed by atoms with Gasteiger partial charge in [0.2, 0.25) is 5.96 Å². The second-order valence-corrected chi connectivity index (χ2v) is 10.6. The van der Waals surface area contributed by atoms with Crippen molar-refractivity contribution in [3.63, 3.8) is 0 Å². The number of benzene rings is 2. The Morgan fingerprint density at radius 2 is 1.55 bits per heavy atom. The third kappa shape index (κ3) is 12.5. The summed E-state index contributed by atoms with van der Waals surface area (Å²) in [6.07, 6.45) is -1.80. The summed E-state index contributed by atoms with van der Waals surface area (Å²) in [7, 11) is 1.54. The minimum Gasteiger partial charge on any atom is -0.497 e. The number of azide groups is 1. The molecule has 2 aromatic rings. The van der Waals surface area contributed by atoms with Gasteiger partial charge in [0.25, 0.3) is 0 Å². The quantitative estimate of drug-likeness (QED) is 0.0543. The van der Waals surface area contributed by atoms with Crippen molar-refractivity contribution >= 4 is 29.8 Å². The topological polar surface area (TPSA) is 183 Å². The van der Waals surface area contributed by atoms with E-state index in [1.165, 1.54) is 18.2 Å². The summed E-state index contributed by atoms with van der Waals surface area (Å²) >= 11 is 0. The summed E-state index contributed by atoms with van der Waals surface area (Å²) in [6.45, 7) is 10.1. The number of carbonyl (C=O) groups is 3. The van der Waals surface area contributed by atoms with Crippen molar-refractivity contribution in [2.45, 2.75) is 59.4 Å². The van der Waals surface area contributed by atoms with Gasteiger partial charge in [0, 0.05) is 4.91 Å². The van der Waals surface area contributed by atoms with Crippen molar-refractivity contribution in [2.24, 2.45) is 10.1 Å². The van der Waals surface area contributed by atoms with Crippen molar-refractivity contribution in [1.82, 2.24) is 10.6 Å². The molecule has 0 aromatic heterocycles. The zero-order chi connectivity index (χ0) is 31.3. The van der Waals surface area contributed by atoms with Crippen molar-refractivity contribution < 1.29 is 38.1 Å². The van der Waals surface area contributed by atoms with Crippen LogP contribution in [0.4, 0.5) is 15.3 Å². The van der Waals surface area contributed by atoms with Crippen molar-refractivity contribution in [1.29, 1.82) is 0 Å². The maximum Gasteiger partial charge on any atom is 0.414 e. The van der Waals surface area contributed by atoms with Crippen LogP contribution in [-0.2, 0) is 20.8 Å². The normalized spacial score (nSPS) is 11.5. The van der Waals surface area contributed by atoms with Crippen molar-refractivity contribution in [3.8, 4) is 11.5 Å². The molecule has 0 aliphatic rings. The van der Waals surface area contributed by atoms with Crippen LogP contribution in [0, 0.1) is 0 Å². The second kappa shape index (κ2) is 15.1. The molecule has 0 atom stereocenters. The standard InChI is InChI=1S/C28H36N6O8/c1-27(2,3)41-23(35)21-16-19(10-13-22(21)39-15-14-30-34-29)31-24(33-26(37)42-28(4,5)6)32-25(36)40-17-18-8-11-20(38-7)12-9-18/h8-13,16H,14-15,17H2,1-7H3,(H2,31,32,33,36,37). The molecule has 0 unspecified atom stereocenters. The molecule has 2 N–H and O–H groups in total. The molecule has 2 aromatic carbocycles. The number of esters is 1. The number of nitrogens with one attached hydrogen (secondary N) is 2. The van der Waals surface area contributed by atoms with Gasteiger partial charge in [0.15, 0.2) is 0 Å². The Hall–Kier alpha value is -4.97. The van der Waals surface area contributed by atoms with Crippen LogP contribution < -0.4 is 20.1 Å². The van der Waals surface area contributed by atoms with Crippen LogP contribution in [0.3, 0.4) is 0 Å². The van der Waals surface area contributed by atoms with Gasteiger partial charge in [0.1, 0.15) is 34.9 Å². The molecule has 0 fully saturated rings. The van der Waals surface area contributed by atoms with Gasteiger partial charge in [-0.1, -0.05) is 17.2 Å². The van der Waals surface area contributed by atoms with Gasteiger partial charge < -0.3 is 23.7 Å². The van der Waals surface area contributed by atoms with E-state index in [-0.39, 0.29) is 42.7 Å². The molecule has 2 amide bonds. The number of ether oxygens (including phenoxy) is 5. The lowest BCUT2D eigenvalue weighted by molar-refractivity contribution is 0.00654. The predicted molar refractivity (Wildman–Crippen MR) is 154 cm³/mol. The average molecular weight is 585 g/mol. The molecule has 0 heterocycles. The Morgan fingerprint density at radius 3 is 2.14 bits per heavy atom. The molecule has 226 valence electrons. The highest BCUT2D eigenvalue weighted by Gasteiger charge is 2.23. The number of hydrogen-bond acceptors (Lipinski definition) is 10. The number of nitrogens with zero attached hydrogens (tertiary/aromatic N) is 4. The molecule has 0 aliphatic heterocycles. The first-order valence-electron chi connectivity index (χ1n) is 12.9. The van der Waals surface area contributed by atoms with Crippen LogP contribution >= 0.6 is 0 Å². The zero-order valence-corrected chi connectivity index (χ0v) is 24.7. The first-order chi connectivity index (χ1) is 19.7. The van der Waals surface area contributed by atoms with E-state index in [0.29, 0.717) is 11.3 Å². The maximum absolute atomic E-state index is 13.0. The monoisotopic (exact) mass is 584 g/mol. The molecule has 42 heavy (non-hydrogen) atoms. The molecule has 14 nitrogen and oxygen atoms in total. The number of amides is 2. The van der Waals surface area contributed by atoms with E-state index in [1.54, 1.807) is 72.9 Å². The Bertz CT molecular complexity index is 1320.